The van der Waals surface area contributed by atoms with Crippen LogP contribution in [0.2, 0.25) is 5.02 Å². The van der Waals surface area contributed by atoms with Gasteiger partial charge in [-0.3, -0.25) is 14.9 Å². The van der Waals surface area contributed by atoms with E-state index in [0.717, 1.165) is 29.6 Å². The van der Waals surface area contributed by atoms with E-state index >= 15 is 0 Å². The molecule has 6 nitrogen and oxygen atoms in total. The highest BCUT2D eigenvalue weighted by molar-refractivity contribution is 7.16. The summed E-state index contributed by atoms with van der Waals surface area (Å²) in [6.07, 6.45) is -4.01. The lowest BCUT2D eigenvalue weighted by atomic mass is 10.1. The standard InChI is InChI=1S/C16H14ClF3N4O2S/c1-24-5-4-11-12(7-24)27-15(22-11)23-14(26)13(25)21-10-3-2-8(17)6-9(10)16(18,19)20/h2-3,6H,4-5,7H2,1H3,(H,21,25)(H,22,23,26). The monoisotopic (exact) mass is 418 g/mol. The van der Waals surface area contributed by atoms with E-state index in [1.165, 1.54) is 17.4 Å². The van der Waals surface area contributed by atoms with Crippen LogP contribution in [0.5, 0.6) is 0 Å². The number of nitrogens with one attached hydrogen (secondary N) is 2. The second-order valence-corrected chi connectivity index (χ2v) is 7.49. The number of likely N-dealkylation sites (N-methyl/N-ethyl adjacent to an activating group) is 1. The minimum atomic E-state index is -4.73. The van der Waals surface area contributed by atoms with E-state index < -0.39 is 29.2 Å². The number of fused-ring (bicyclic) bond motifs is 1. The van der Waals surface area contributed by atoms with Crippen LogP contribution in [-0.4, -0.2) is 35.3 Å². The van der Waals surface area contributed by atoms with E-state index in [1.54, 1.807) is 0 Å². The normalized spacial score (nSPS) is 14.6. The summed E-state index contributed by atoms with van der Waals surface area (Å²) in [5, 5.41) is 4.41. The zero-order valence-corrected chi connectivity index (χ0v) is 15.6. The van der Waals surface area contributed by atoms with Gasteiger partial charge in [-0.25, -0.2) is 4.98 Å². The molecule has 11 heteroatoms. The Balaban J connectivity index is 1.71. The molecule has 0 unspecified atom stereocenters. The van der Waals surface area contributed by atoms with Crippen LogP contribution in [0.25, 0.3) is 0 Å². The van der Waals surface area contributed by atoms with Crippen molar-refractivity contribution in [2.45, 2.75) is 19.1 Å². The lowest BCUT2D eigenvalue weighted by Crippen LogP contribution is -2.30. The van der Waals surface area contributed by atoms with Gasteiger partial charge in [0.2, 0.25) is 0 Å². The molecule has 2 amide bonds. The van der Waals surface area contributed by atoms with Crippen LogP contribution in [0.15, 0.2) is 18.2 Å². The maximum Gasteiger partial charge on any atom is 0.418 e. The van der Waals surface area contributed by atoms with Crippen molar-refractivity contribution in [3.05, 3.63) is 39.4 Å². The van der Waals surface area contributed by atoms with Crippen LogP contribution in [0.4, 0.5) is 24.0 Å². The fourth-order valence-electron chi connectivity index (χ4n) is 2.57. The van der Waals surface area contributed by atoms with Crippen LogP contribution in [-0.2, 0) is 28.7 Å². The van der Waals surface area contributed by atoms with Crippen molar-refractivity contribution in [2.75, 3.05) is 24.2 Å². The molecule has 27 heavy (non-hydrogen) atoms. The number of aromatic nitrogens is 1. The first-order valence-corrected chi connectivity index (χ1v) is 8.99. The van der Waals surface area contributed by atoms with Gasteiger partial charge < -0.3 is 10.2 Å². The van der Waals surface area contributed by atoms with Crippen LogP contribution in [0.3, 0.4) is 0 Å². The minimum Gasteiger partial charge on any atom is -0.317 e. The Morgan fingerprint density at radius 1 is 1.26 bits per heavy atom. The number of rotatable bonds is 2. The van der Waals surface area contributed by atoms with Crippen molar-refractivity contribution in [1.82, 2.24) is 9.88 Å². The van der Waals surface area contributed by atoms with E-state index in [0.29, 0.717) is 12.6 Å². The Kier molecular flexibility index (Phi) is 5.41. The van der Waals surface area contributed by atoms with Crippen molar-refractivity contribution in [3.63, 3.8) is 0 Å². The van der Waals surface area contributed by atoms with Crippen molar-refractivity contribution in [2.24, 2.45) is 0 Å². The fraction of sp³-hybridized carbons (Fsp3) is 0.312. The topological polar surface area (TPSA) is 74.3 Å². The van der Waals surface area contributed by atoms with Gasteiger partial charge in [0, 0.05) is 29.4 Å². The van der Waals surface area contributed by atoms with Gasteiger partial charge in [0.25, 0.3) is 0 Å². The first kappa shape index (κ1) is 19.6. The molecule has 1 aromatic carbocycles. The Labute approximate surface area is 161 Å². The van der Waals surface area contributed by atoms with Gasteiger partial charge >= 0.3 is 18.0 Å². The van der Waals surface area contributed by atoms with Gasteiger partial charge in [-0.1, -0.05) is 11.6 Å². The molecule has 144 valence electrons. The first-order valence-electron chi connectivity index (χ1n) is 7.79. The number of amides is 2. The first-order chi connectivity index (χ1) is 12.6. The lowest BCUT2D eigenvalue weighted by molar-refractivity contribution is -0.137. The maximum atomic E-state index is 13.1. The predicted molar refractivity (Wildman–Crippen MR) is 95.9 cm³/mol. The molecule has 0 saturated heterocycles. The molecule has 2 aromatic rings. The Bertz CT molecular complexity index is 900. The second-order valence-electron chi connectivity index (χ2n) is 5.97. The van der Waals surface area contributed by atoms with E-state index in [4.69, 9.17) is 11.6 Å². The Hall–Kier alpha value is -2.17. The number of alkyl halides is 3. The molecule has 0 bridgehead atoms. The summed E-state index contributed by atoms with van der Waals surface area (Å²) in [6, 6.07) is 2.87. The van der Waals surface area contributed by atoms with Crippen LogP contribution < -0.4 is 10.6 Å². The van der Waals surface area contributed by atoms with E-state index in [-0.39, 0.29) is 10.2 Å². The zero-order valence-electron chi connectivity index (χ0n) is 14.0. The smallest absolute Gasteiger partial charge is 0.317 e. The number of nitrogens with zero attached hydrogens (tertiary/aromatic N) is 2. The molecule has 2 heterocycles. The van der Waals surface area contributed by atoms with Crippen molar-refractivity contribution >= 4 is 45.6 Å². The summed E-state index contributed by atoms with van der Waals surface area (Å²) >= 11 is 6.83. The SMILES string of the molecule is CN1CCc2nc(NC(=O)C(=O)Nc3ccc(Cl)cc3C(F)(F)F)sc2C1. The molecule has 0 fully saturated rings. The average molecular weight is 419 g/mol. The van der Waals surface area contributed by atoms with Crippen LogP contribution >= 0.6 is 22.9 Å². The molecule has 0 aliphatic carbocycles. The van der Waals surface area contributed by atoms with Gasteiger partial charge in [0.1, 0.15) is 0 Å². The molecule has 0 radical (unpaired) electrons. The number of benzene rings is 1. The maximum absolute atomic E-state index is 13.1. The van der Waals surface area contributed by atoms with Crippen LogP contribution in [0.1, 0.15) is 16.1 Å². The number of anilines is 2. The van der Waals surface area contributed by atoms with Crippen molar-refractivity contribution in [1.29, 1.82) is 0 Å². The number of carbonyl (C=O) groups is 2. The number of hydrogen-bond donors (Lipinski definition) is 2. The van der Waals surface area contributed by atoms with Gasteiger partial charge in [-0.2, -0.15) is 13.2 Å². The van der Waals surface area contributed by atoms with E-state index in [2.05, 4.69) is 15.2 Å². The highest BCUT2D eigenvalue weighted by Gasteiger charge is 2.34. The zero-order chi connectivity index (χ0) is 19.8. The summed E-state index contributed by atoms with van der Waals surface area (Å²) in [5.41, 5.74) is -0.832. The largest absolute Gasteiger partial charge is 0.418 e. The summed E-state index contributed by atoms with van der Waals surface area (Å²) in [7, 11) is 1.96. The van der Waals surface area contributed by atoms with Gasteiger partial charge in [-0.15, -0.1) is 11.3 Å². The summed E-state index contributed by atoms with van der Waals surface area (Å²) in [6.45, 7) is 1.52. The van der Waals surface area contributed by atoms with Gasteiger partial charge in [-0.05, 0) is 25.2 Å². The Morgan fingerprint density at radius 2 is 1.96 bits per heavy atom. The third-order valence-corrected chi connectivity index (χ3v) is 5.12. The fourth-order valence-corrected chi connectivity index (χ4v) is 3.83. The number of carbonyl (C=O) groups excluding carboxylic acids is 2. The molecular formula is C16H14ClF3N4O2S. The van der Waals surface area contributed by atoms with Crippen LogP contribution in [0, 0.1) is 0 Å². The quantitative estimate of drug-likeness (QED) is 0.733. The molecule has 1 aromatic heterocycles. The second kappa shape index (κ2) is 7.45. The Morgan fingerprint density at radius 3 is 2.67 bits per heavy atom. The number of halogens is 4. The summed E-state index contributed by atoms with van der Waals surface area (Å²) in [5.74, 6) is -2.33. The van der Waals surface area contributed by atoms with E-state index in [9.17, 15) is 22.8 Å². The third-order valence-electron chi connectivity index (χ3n) is 3.88. The third kappa shape index (κ3) is 4.57. The highest BCUT2D eigenvalue weighted by Crippen LogP contribution is 2.36. The number of thiazole rings is 1. The minimum absolute atomic E-state index is 0.136. The molecule has 0 spiro atoms. The van der Waals surface area contributed by atoms with Gasteiger partial charge in [0.05, 0.1) is 16.9 Å². The molecule has 3 rings (SSSR count). The average Bonchev–Trinajstić information content (AvgIpc) is 2.96. The highest BCUT2D eigenvalue weighted by atomic mass is 35.5. The molecule has 1 aliphatic rings. The van der Waals surface area contributed by atoms with Gasteiger partial charge in [0.15, 0.2) is 5.13 Å². The summed E-state index contributed by atoms with van der Waals surface area (Å²) in [4.78, 5) is 31.4. The predicted octanol–water partition coefficient (Wildman–Crippen LogP) is 3.38. The van der Waals surface area contributed by atoms with E-state index in [1.807, 2.05) is 12.4 Å². The molecule has 2 N–H and O–H groups in total. The molecule has 0 atom stereocenters. The van der Waals surface area contributed by atoms with Crippen molar-refractivity contribution in [3.8, 4) is 0 Å². The molecular weight excluding hydrogens is 405 g/mol. The molecule has 0 saturated carbocycles. The van der Waals surface area contributed by atoms with Crippen molar-refractivity contribution < 1.29 is 22.8 Å². The lowest BCUT2D eigenvalue weighted by Gasteiger charge is -2.20. The molecule has 1 aliphatic heterocycles. The summed E-state index contributed by atoms with van der Waals surface area (Å²) < 4.78 is 39.2. The number of hydrogen-bond acceptors (Lipinski definition) is 5.